The third-order valence-corrected chi connectivity index (χ3v) is 6.29. The monoisotopic (exact) mass is 466 g/mol. The number of aryl methyl sites for hydroxylation is 1. The summed E-state index contributed by atoms with van der Waals surface area (Å²) in [5.74, 6) is 0.674. The molecule has 2 fully saturated rings. The summed E-state index contributed by atoms with van der Waals surface area (Å²) in [7, 11) is 1.59. The van der Waals surface area contributed by atoms with Gasteiger partial charge < -0.3 is 24.6 Å². The van der Waals surface area contributed by atoms with Crippen LogP contribution in [0, 0.1) is 6.92 Å². The zero-order chi connectivity index (χ0) is 23.6. The molecule has 1 unspecified atom stereocenters. The lowest BCUT2D eigenvalue weighted by atomic mass is 10.1. The molecule has 0 aliphatic carbocycles. The molecular weight excluding hydrogens is 432 g/mol. The number of nitrogens with one attached hydrogen (secondary N) is 1. The zero-order valence-electron chi connectivity index (χ0n) is 19.9. The average Bonchev–Trinajstić information content (AvgIpc) is 2.68. The molecule has 0 bridgehead atoms. The van der Waals surface area contributed by atoms with E-state index in [4.69, 9.17) is 21.1 Å². The van der Waals surface area contributed by atoms with Crippen molar-refractivity contribution in [1.29, 1.82) is 0 Å². The van der Waals surface area contributed by atoms with E-state index in [1.165, 1.54) is 0 Å². The molecule has 0 radical (unpaired) electrons. The number of amides is 2. The van der Waals surface area contributed by atoms with E-state index in [-0.39, 0.29) is 18.0 Å². The minimum atomic E-state index is -0.479. The minimum Gasteiger partial charge on any atom is -0.495 e. The fourth-order valence-corrected chi connectivity index (χ4v) is 4.14. The second-order valence-corrected chi connectivity index (χ2v) is 9.98. The van der Waals surface area contributed by atoms with Crippen LogP contribution in [0.2, 0.25) is 5.02 Å². The highest BCUT2D eigenvalue weighted by atomic mass is 35.5. The lowest BCUT2D eigenvalue weighted by molar-refractivity contribution is -0.134. The van der Waals surface area contributed by atoms with Crippen molar-refractivity contribution in [2.24, 2.45) is 0 Å². The molecule has 2 amide bonds. The van der Waals surface area contributed by atoms with Gasteiger partial charge in [0.15, 0.2) is 0 Å². The summed E-state index contributed by atoms with van der Waals surface area (Å²) in [6.45, 7) is 13.7. The van der Waals surface area contributed by atoms with Crippen LogP contribution in [0.25, 0.3) is 0 Å². The molecule has 2 saturated heterocycles. The lowest BCUT2D eigenvalue weighted by Crippen LogP contribution is -2.65. The van der Waals surface area contributed by atoms with Crippen LogP contribution in [0.4, 0.5) is 10.5 Å². The van der Waals surface area contributed by atoms with Crippen molar-refractivity contribution in [2.45, 2.75) is 52.3 Å². The number of rotatable bonds is 5. The number of likely N-dealkylation sites (tertiary alicyclic amines) is 1. The first-order valence-corrected chi connectivity index (χ1v) is 11.5. The van der Waals surface area contributed by atoms with Gasteiger partial charge in [0.1, 0.15) is 17.4 Å². The van der Waals surface area contributed by atoms with Gasteiger partial charge in [-0.05, 0) is 46.2 Å². The largest absolute Gasteiger partial charge is 0.495 e. The highest BCUT2D eigenvalue weighted by Gasteiger charge is 2.38. The van der Waals surface area contributed by atoms with Gasteiger partial charge in [0.05, 0.1) is 12.8 Å². The summed E-state index contributed by atoms with van der Waals surface area (Å²) in [6, 6.07) is 3.60. The second kappa shape index (κ2) is 9.75. The second-order valence-electron chi connectivity index (χ2n) is 9.57. The molecule has 2 aliphatic heterocycles. The van der Waals surface area contributed by atoms with Crippen molar-refractivity contribution in [3.63, 3.8) is 0 Å². The third-order valence-electron chi connectivity index (χ3n) is 5.88. The molecule has 3 rings (SSSR count). The Morgan fingerprint density at radius 1 is 1.12 bits per heavy atom. The minimum absolute atomic E-state index is 0.0586. The fourth-order valence-electron chi connectivity index (χ4n) is 3.98. The van der Waals surface area contributed by atoms with E-state index in [1.54, 1.807) is 18.1 Å². The number of hydrogen-bond donors (Lipinski definition) is 1. The molecule has 2 aliphatic rings. The quantitative estimate of drug-likeness (QED) is 0.718. The van der Waals surface area contributed by atoms with Gasteiger partial charge in [-0.15, -0.1) is 0 Å². The number of benzene rings is 1. The van der Waals surface area contributed by atoms with E-state index < -0.39 is 5.60 Å². The van der Waals surface area contributed by atoms with Crippen molar-refractivity contribution in [1.82, 2.24) is 14.7 Å². The van der Waals surface area contributed by atoms with E-state index in [9.17, 15) is 9.59 Å². The number of ether oxygens (including phenoxy) is 2. The Balaban J connectivity index is 1.47. The van der Waals surface area contributed by atoms with E-state index in [0.717, 1.165) is 24.3 Å². The smallest absolute Gasteiger partial charge is 0.410 e. The Kier molecular flexibility index (Phi) is 7.45. The van der Waals surface area contributed by atoms with Crippen LogP contribution in [0.1, 0.15) is 33.3 Å². The molecule has 2 heterocycles. The molecule has 32 heavy (non-hydrogen) atoms. The predicted molar refractivity (Wildman–Crippen MR) is 126 cm³/mol. The molecule has 0 saturated carbocycles. The summed E-state index contributed by atoms with van der Waals surface area (Å²) in [5, 5.41) is 3.90. The molecule has 8 nitrogen and oxygen atoms in total. The number of halogens is 1. The Morgan fingerprint density at radius 2 is 1.75 bits per heavy atom. The third kappa shape index (κ3) is 5.78. The van der Waals surface area contributed by atoms with Gasteiger partial charge in [-0.1, -0.05) is 11.6 Å². The highest BCUT2D eigenvalue weighted by Crippen LogP contribution is 2.31. The average molecular weight is 467 g/mol. The number of hydrogen-bond acceptors (Lipinski definition) is 6. The van der Waals surface area contributed by atoms with Gasteiger partial charge in [0.25, 0.3) is 0 Å². The van der Waals surface area contributed by atoms with E-state index in [2.05, 4.69) is 10.2 Å². The molecule has 0 spiro atoms. The van der Waals surface area contributed by atoms with Gasteiger partial charge in [-0.3, -0.25) is 9.69 Å². The first kappa shape index (κ1) is 24.5. The summed E-state index contributed by atoms with van der Waals surface area (Å²) < 4.78 is 10.8. The van der Waals surface area contributed by atoms with Crippen molar-refractivity contribution in [3.8, 4) is 5.75 Å². The van der Waals surface area contributed by atoms with Crippen LogP contribution in [-0.2, 0) is 9.53 Å². The number of anilines is 1. The molecule has 178 valence electrons. The normalized spacial score (nSPS) is 18.7. The van der Waals surface area contributed by atoms with Crippen LogP contribution in [-0.4, -0.2) is 90.8 Å². The number of carbonyl (C=O) groups excluding carboxylic acids is 2. The van der Waals surface area contributed by atoms with Gasteiger partial charge in [0, 0.05) is 56.4 Å². The topological polar surface area (TPSA) is 74.4 Å². The number of carbonyl (C=O) groups is 2. The summed E-state index contributed by atoms with van der Waals surface area (Å²) in [6.07, 6.45) is -0.254. The Labute approximate surface area is 195 Å². The van der Waals surface area contributed by atoms with E-state index in [0.29, 0.717) is 43.0 Å². The molecule has 1 N–H and O–H groups in total. The van der Waals surface area contributed by atoms with Gasteiger partial charge >= 0.3 is 6.09 Å². The standard InChI is InChI=1S/C23H35ClN4O4/c1-15-11-19(20(31-6)12-18(15)24)25-16(2)21(29)27-9-7-26(8-10-27)17-13-28(14-17)22(30)32-23(3,4)5/h11-12,16-17,25H,7-10,13-14H2,1-6H3. The summed E-state index contributed by atoms with van der Waals surface area (Å²) in [5.41, 5.74) is 1.20. The fraction of sp³-hybridized carbons (Fsp3) is 0.652. The summed E-state index contributed by atoms with van der Waals surface area (Å²) >= 11 is 6.18. The first-order valence-electron chi connectivity index (χ1n) is 11.1. The van der Waals surface area contributed by atoms with Crippen LogP contribution in [0.3, 0.4) is 0 Å². The van der Waals surface area contributed by atoms with Gasteiger partial charge in [-0.25, -0.2) is 4.79 Å². The zero-order valence-corrected chi connectivity index (χ0v) is 20.7. The predicted octanol–water partition coefficient (Wildman–Crippen LogP) is 3.22. The Hall–Kier alpha value is -2.19. The Morgan fingerprint density at radius 3 is 2.31 bits per heavy atom. The van der Waals surface area contributed by atoms with Crippen molar-refractivity contribution < 1.29 is 19.1 Å². The summed E-state index contributed by atoms with van der Waals surface area (Å²) in [4.78, 5) is 31.1. The van der Waals surface area contributed by atoms with Crippen molar-refractivity contribution in [2.75, 3.05) is 51.7 Å². The molecule has 1 atom stereocenters. The van der Waals surface area contributed by atoms with E-state index >= 15 is 0 Å². The highest BCUT2D eigenvalue weighted by molar-refractivity contribution is 6.31. The molecular formula is C23H35ClN4O4. The van der Waals surface area contributed by atoms with Gasteiger partial charge in [-0.2, -0.15) is 0 Å². The number of nitrogens with zero attached hydrogens (tertiary/aromatic N) is 3. The van der Waals surface area contributed by atoms with Crippen LogP contribution >= 0.6 is 11.6 Å². The van der Waals surface area contributed by atoms with Crippen molar-refractivity contribution >= 4 is 29.3 Å². The first-order chi connectivity index (χ1) is 15.0. The van der Waals surface area contributed by atoms with Crippen LogP contribution in [0.15, 0.2) is 12.1 Å². The van der Waals surface area contributed by atoms with E-state index in [1.807, 2.05) is 45.6 Å². The SMILES string of the molecule is COc1cc(Cl)c(C)cc1NC(C)C(=O)N1CCN(C2CN(C(=O)OC(C)(C)C)C2)CC1. The molecule has 0 aromatic heterocycles. The van der Waals surface area contributed by atoms with Gasteiger partial charge in [0.2, 0.25) is 5.91 Å². The maximum absolute atomic E-state index is 13.0. The lowest BCUT2D eigenvalue weighted by Gasteiger charge is -2.48. The van der Waals surface area contributed by atoms with Crippen LogP contribution in [0.5, 0.6) is 5.75 Å². The number of methoxy groups -OCH3 is 1. The maximum Gasteiger partial charge on any atom is 0.410 e. The molecule has 9 heteroatoms. The van der Waals surface area contributed by atoms with Crippen LogP contribution < -0.4 is 10.1 Å². The Bertz CT molecular complexity index is 843. The molecule has 1 aromatic rings. The van der Waals surface area contributed by atoms with Crippen molar-refractivity contribution in [3.05, 3.63) is 22.7 Å². The maximum atomic E-state index is 13.0. The number of piperazine rings is 1. The molecule has 1 aromatic carbocycles.